The Morgan fingerprint density at radius 3 is 2.59 bits per heavy atom. The highest BCUT2D eigenvalue weighted by Crippen LogP contribution is 2.45. The van der Waals surface area contributed by atoms with Crippen molar-refractivity contribution < 1.29 is 4.74 Å². The minimum absolute atomic E-state index is 0.353. The SMILES string of the molecule is CCCNC1CC(OCCC(C)C)C1(C)CC. The van der Waals surface area contributed by atoms with Gasteiger partial charge in [-0.15, -0.1) is 0 Å². The van der Waals surface area contributed by atoms with Crippen molar-refractivity contribution in [1.29, 1.82) is 0 Å². The van der Waals surface area contributed by atoms with Crippen LogP contribution in [0.5, 0.6) is 0 Å². The quantitative estimate of drug-likeness (QED) is 0.701. The molecule has 0 aromatic heterocycles. The molecule has 0 amide bonds. The van der Waals surface area contributed by atoms with Crippen LogP contribution in [0.3, 0.4) is 0 Å². The first-order valence-corrected chi connectivity index (χ1v) is 7.39. The van der Waals surface area contributed by atoms with Gasteiger partial charge in [-0.3, -0.25) is 0 Å². The number of ether oxygens (including phenoxy) is 1. The summed E-state index contributed by atoms with van der Waals surface area (Å²) in [5.41, 5.74) is 0.353. The molecule has 1 aliphatic carbocycles. The van der Waals surface area contributed by atoms with E-state index in [2.05, 4.69) is 39.9 Å². The lowest BCUT2D eigenvalue weighted by Gasteiger charge is -2.54. The molecule has 102 valence electrons. The third-order valence-corrected chi connectivity index (χ3v) is 4.40. The van der Waals surface area contributed by atoms with Crippen molar-refractivity contribution in [2.45, 2.75) is 72.4 Å². The summed E-state index contributed by atoms with van der Waals surface area (Å²) in [6.45, 7) is 13.5. The molecule has 2 nitrogen and oxygen atoms in total. The standard InChI is InChI=1S/C15H31NO/c1-6-9-16-13-11-14(15(13,5)7-2)17-10-8-12(3)4/h12-14,16H,6-11H2,1-5H3. The van der Waals surface area contributed by atoms with Crippen LogP contribution in [0.1, 0.15) is 60.3 Å². The van der Waals surface area contributed by atoms with E-state index >= 15 is 0 Å². The highest BCUT2D eigenvalue weighted by molar-refractivity contribution is 5.04. The first kappa shape index (κ1) is 15.0. The van der Waals surface area contributed by atoms with Gasteiger partial charge < -0.3 is 10.1 Å². The van der Waals surface area contributed by atoms with Gasteiger partial charge in [0.25, 0.3) is 0 Å². The Morgan fingerprint density at radius 2 is 2.06 bits per heavy atom. The monoisotopic (exact) mass is 241 g/mol. The largest absolute Gasteiger partial charge is 0.378 e. The van der Waals surface area contributed by atoms with Gasteiger partial charge in [0.1, 0.15) is 0 Å². The van der Waals surface area contributed by atoms with Gasteiger partial charge >= 0.3 is 0 Å². The van der Waals surface area contributed by atoms with Crippen molar-refractivity contribution in [3.8, 4) is 0 Å². The minimum Gasteiger partial charge on any atom is -0.378 e. The van der Waals surface area contributed by atoms with E-state index in [-0.39, 0.29) is 0 Å². The lowest BCUT2D eigenvalue weighted by molar-refractivity contribution is -0.130. The summed E-state index contributed by atoms with van der Waals surface area (Å²) in [5, 5.41) is 3.66. The predicted octanol–water partition coefficient (Wildman–Crippen LogP) is 3.61. The van der Waals surface area contributed by atoms with Crippen molar-refractivity contribution in [3.05, 3.63) is 0 Å². The molecule has 1 fully saturated rings. The summed E-state index contributed by atoms with van der Waals surface area (Å²) in [4.78, 5) is 0. The normalized spacial score (nSPS) is 32.8. The molecule has 1 saturated carbocycles. The molecule has 1 N–H and O–H groups in total. The van der Waals surface area contributed by atoms with E-state index in [4.69, 9.17) is 4.74 Å². The van der Waals surface area contributed by atoms with Crippen LogP contribution in [-0.4, -0.2) is 25.3 Å². The Balaban J connectivity index is 2.33. The fourth-order valence-corrected chi connectivity index (χ4v) is 2.63. The molecule has 0 heterocycles. The van der Waals surface area contributed by atoms with Crippen LogP contribution in [0.4, 0.5) is 0 Å². The average Bonchev–Trinajstić information content (AvgIpc) is 2.30. The Morgan fingerprint density at radius 1 is 1.35 bits per heavy atom. The third kappa shape index (κ3) is 3.69. The number of nitrogens with one attached hydrogen (secondary N) is 1. The fraction of sp³-hybridized carbons (Fsp3) is 1.00. The van der Waals surface area contributed by atoms with Crippen molar-refractivity contribution >= 4 is 0 Å². The molecule has 0 spiro atoms. The summed E-state index contributed by atoms with van der Waals surface area (Å²) in [6.07, 6.45) is 5.28. The third-order valence-electron chi connectivity index (χ3n) is 4.40. The zero-order chi connectivity index (χ0) is 12.9. The molecule has 2 heteroatoms. The van der Waals surface area contributed by atoms with Crippen molar-refractivity contribution in [1.82, 2.24) is 5.32 Å². The Bertz CT molecular complexity index is 217. The van der Waals surface area contributed by atoms with E-state index in [1.54, 1.807) is 0 Å². The molecule has 0 aliphatic heterocycles. The maximum Gasteiger partial charge on any atom is 0.0658 e. The van der Waals surface area contributed by atoms with Crippen LogP contribution in [0.25, 0.3) is 0 Å². The molecule has 3 unspecified atom stereocenters. The Kier molecular flexibility index (Phi) is 5.94. The molecule has 17 heavy (non-hydrogen) atoms. The molecule has 0 aromatic carbocycles. The second-order valence-electron chi connectivity index (χ2n) is 6.14. The summed E-state index contributed by atoms with van der Waals surface area (Å²) < 4.78 is 6.07. The van der Waals surface area contributed by atoms with E-state index in [1.165, 1.54) is 25.7 Å². The molecule has 1 rings (SSSR count). The van der Waals surface area contributed by atoms with Crippen LogP contribution < -0.4 is 5.32 Å². The molecule has 1 aliphatic rings. The Labute approximate surface area is 108 Å². The predicted molar refractivity (Wildman–Crippen MR) is 74.3 cm³/mol. The van der Waals surface area contributed by atoms with Gasteiger partial charge in [0, 0.05) is 18.1 Å². The number of hydrogen-bond acceptors (Lipinski definition) is 2. The highest BCUT2D eigenvalue weighted by Gasteiger charge is 2.50. The van der Waals surface area contributed by atoms with Crippen molar-refractivity contribution in [2.75, 3.05) is 13.2 Å². The van der Waals surface area contributed by atoms with Crippen molar-refractivity contribution in [3.63, 3.8) is 0 Å². The topological polar surface area (TPSA) is 21.3 Å². The van der Waals surface area contributed by atoms with Gasteiger partial charge in [-0.25, -0.2) is 0 Å². The van der Waals surface area contributed by atoms with Crippen LogP contribution in [0.15, 0.2) is 0 Å². The first-order valence-electron chi connectivity index (χ1n) is 7.39. The van der Waals surface area contributed by atoms with Gasteiger partial charge in [-0.2, -0.15) is 0 Å². The molecular weight excluding hydrogens is 210 g/mol. The van der Waals surface area contributed by atoms with Crippen LogP contribution >= 0.6 is 0 Å². The van der Waals surface area contributed by atoms with Gasteiger partial charge in [0.15, 0.2) is 0 Å². The molecule has 0 radical (unpaired) electrons. The van der Waals surface area contributed by atoms with Gasteiger partial charge in [-0.05, 0) is 38.1 Å². The molecule has 3 atom stereocenters. The minimum atomic E-state index is 0.353. The fourth-order valence-electron chi connectivity index (χ4n) is 2.63. The van der Waals surface area contributed by atoms with Crippen LogP contribution in [-0.2, 0) is 4.74 Å². The molecule has 0 saturated heterocycles. The highest BCUT2D eigenvalue weighted by atomic mass is 16.5. The van der Waals surface area contributed by atoms with E-state index in [0.29, 0.717) is 17.6 Å². The lowest BCUT2D eigenvalue weighted by Crippen LogP contribution is -2.62. The molecular formula is C15H31NO. The number of rotatable bonds is 8. The summed E-state index contributed by atoms with van der Waals surface area (Å²) in [7, 11) is 0. The summed E-state index contributed by atoms with van der Waals surface area (Å²) in [5.74, 6) is 0.747. The van der Waals surface area contributed by atoms with Crippen LogP contribution in [0, 0.1) is 11.3 Å². The first-order chi connectivity index (χ1) is 8.04. The maximum atomic E-state index is 6.07. The van der Waals surface area contributed by atoms with Crippen molar-refractivity contribution in [2.24, 2.45) is 11.3 Å². The zero-order valence-corrected chi connectivity index (χ0v) is 12.4. The second-order valence-corrected chi connectivity index (χ2v) is 6.14. The summed E-state index contributed by atoms with van der Waals surface area (Å²) in [6, 6.07) is 0.663. The lowest BCUT2D eigenvalue weighted by atomic mass is 9.61. The number of hydrogen-bond donors (Lipinski definition) is 1. The smallest absolute Gasteiger partial charge is 0.0658 e. The van der Waals surface area contributed by atoms with E-state index in [1.807, 2.05) is 0 Å². The van der Waals surface area contributed by atoms with Crippen LogP contribution in [0.2, 0.25) is 0 Å². The second kappa shape index (κ2) is 6.75. The van der Waals surface area contributed by atoms with Gasteiger partial charge in [-0.1, -0.05) is 34.6 Å². The molecule has 0 aromatic rings. The van der Waals surface area contributed by atoms with E-state index in [0.717, 1.165) is 19.1 Å². The average molecular weight is 241 g/mol. The molecule has 0 bridgehead atoms. The maximum absolute atomic E-state index is 6.07. The van der Waals surface area contributed by atoms with Gasteiger partial charge in [0.2, 0.25) is 0 Å². The van der Waals surface area contributed by atoms with E-state index < -0.39 is 0 Å². The van der Waals surface area contributed by atoms with E-state index in [9.17, 15) is 0 Å². The Hall–Kier alpha value is -0.0800. The summed E-state index contributed by atoms with van der Waals surface area (Å²) >= 11 is 0. The zero-order valence-electron chi connectivity index (χ0n) is 12.4. The van der Waals surface area contributed by atoms with Gasteiger partial charge in [0.05, 0.1) is 6.10 Å².